The van der Waals surface area contributed by atoms with Gasteiger partial charge in [0.05, 0.1) is 43.7 Å². The number of hydrogen-bond donors (Lipinski definition) is 1. The molecule has 35 heavy (non-hydrogen) atoms. The van der Waals surface area contributed by atoms with E-state index in [1.165, 1.54) is 0 Å². The van der Waals surface area contributed by atoms with Gasteiger partial charge in [0, 0.05) is 38.8 Å². The summed E-state index contributed by atoms with van der Waals surface area (Å²) in [6.07, 6.45) is 2.81. The highest BCUT2D eigenvalue weighted by molar-refractivity contribution is 6.01. The van der Waals surface area contributed by atoms with Gasteiger partial charge in [0.15, 0.2) is 0 Å². The van der Waals surface area contributed by atoms with Gasteiger partial charge in [-0.1, -0.05) is 37.3 Å². The molecule has 188 valence electrons. The van der Waals surface area contributed by atoms with Crippen molar-refractivity contribution in [2.24, 2.45) is 0 Å². The minimum Gasteiger partial charge on any atom is -0.379 e. The first kappa shape index (κ1) is 24.0. The quantitative estimate of drug-likeness (QED) is 0.660. The van der Waals surface area contributed by atoms with Crippen molar-refractivity contribution in [2.45, 2.75) is 51.4 Å². The van der Waals surface area contributed by atoms with Crippen LogP contribution in [0.15, 0.2) is 36.4 Å². The van der Waals surface area contributed by atoms with Crippen LogP contribution < -0.4 is 5.32 Å². The fourth-order valence-corrected chi connectivity index (χ4v) is 5.56. The third-order valence-electron chi connectivity index (χ3n) is 7.50. The smallest absolute Gasteiger partial charge is 0.270 e. The molecule has 2 amide bonds. The van der Waals surface area contributed by atoms with E-state index in [-0.39, 0.29) is 23.9 Å². The van der Waals surface area contributed by atoms with Crippen LogP contribution in [-0.2, 0) is 22.6 Å². The Hall–Kier alpha value is -2.68. The number of likely N-dealkylation sites (tertiary alicyclic amines) is 1. The molecule has 2 atom stereocenters. The Balaban J connectivity index is 1.36. The second-order valence-electron chi connectivity index (χ2n) is 9.65. The lowest BCUT2D eigenvalue weighted by molar-refractivity contribution is 0.0258. The minimum atomic E-state index is -0.153. The topological polar surface area (TPSA) is 76.0 Å². The average Bonchev–Trinajstić information content (AvgIpc) is 3.53. The van der Waals surface area contributed by atoms with Crippen LogP contribution >= 0.6 is 0 Å². The molecule has 1 unspecified atom stereocenters. The Morgan fingerprint density at radius 2 is 1.83 bits per heavy atom. The van der Waals surface area contributed by atoms with Crippen LogP contribution in [0.5, 0.6) is 0 Å². The van der Waals surface area contributed by atoms with Gasteiger partial charge in [-0.25, -0.2) is 0 Å². The summed E-state index contributed by atoms with van der Waals surface area (Å²) in [6, 6.07) is 11.9. The molecule has 0 saturated carbocycles. The second-order valence-corrected chi connectivity index (χ2v) is 9.65. The first-order valence-corrected chi connectivity index (χ1v) is 12.9. The van der Waals surface area contributed by atoms with E-state index in [9.17, 15) is 9.59 Å². The van der Waals surface area contributed by atoms with Crippen molar-refractivity contribution in [3.63, 3.8) is 0 Å². The fraction of sp³-hybridized carbons (Fsp3) is 0.556. The molecule has 3 aliphatic heterocycles. The van der Waals surface area contributed by atoms with Crippen LogP contribution in [0.2, 0.25) is 0 Å². The van der Waals surface area contributed by atoms with E-state index in [1.54, 1.807) is 6.07 Å². The molecular weight excluding hydrogens is 444 g/mol. The molecule has 1 aromatic heterocycles. The average molecular weight is 481 g/mol. The zero-order valence-corrected chi connectivity index (χ0v) is 20.6. The van der Waals surface area contributed by atoms with Gasteiger partial charge >= 0.3 is 0 Å². The summed E-state index contributed by atoms with van der Waals surface area (Å²) < 4.78 is 13.2. The van der Waals surface area contributed by atoms with Gasteiger partial charge in [-0.05, 0) is 30.9 Å². The predicted molar refractivity (Wildman–Crippen MR) is 132 cm³/mol. The maximum Gasteiger partial charge on any atom is 0.270 e. The van der Waals surface area contributed by atoms with E-state index in [1.807, 2.05) is 39.8 Å². The molecular formula is C27H36N4O4. The van der Waals surface area contributed by atoms with Gasteiger partial charge in [-0.3, -0.25) is 14.5 Å². The zero-order chi connectivity index (χ0) is 24.2. The number of rotatable bonds is 7. The van der Waals surface area contributed by atoms with Gasteiger partial charge in [0.1, 0.15) is 5.69 Å². The number of carbonyl (C=O) groups excluding carboxylic acids is 2. The number of nitrogens with one attached hydrogen (secondary N) is 1. The maximum atomic E-state index is 13.8. The van der Waals surface area contributed by atoms with Gasteiger partial charge in [-0.15, -0.1) is 0 Å². The highest BCUT2D eigenvalue weighted by atomic mass is 16.5. The molecule has 2 aromatic rings. The highest BCUT2D eigenvalue weighted by Gasteiger charge is 2.35. The number of morpholine rings is 1. The van der Waals surface area contributed by atoms with Crippen molar-refractivity contribution in [3.05, 3.63) is 58.9 Å². The number of carbonyl (C=O) groups is 2. The molecule has 0 spiro atoms. The number of benzene rings is 1. The summed E-state index contributed by atoms with van der Waals surface area (Å²) in [5.74, 6) is -0.127. The van der Waals surface area contributed by atoms with Crippen molar-refractivity contribution in [1.82, 2.24) is 19.7 Å². The molecule has 8 heteroatoms. The van der Waals surface area contributed by atoms with E-state index < -0.39 is 0 Å². The van der Waals surface area contributed by atoms with E-state index in [0.29, 0.717) is 31.0 Å². The van der Waals surface area contributed by atoms with Crippen LogP contribution in [0.1, 0.15) is 64.3 Å². The third kappa shape index (κ3) is 5.15. The summed E-state index contributed by atoms with van der Waals surface area (Å²) in [4.78, 5) is 31.6. The molecule has 0 radical (unpaired) electrons. The predicted octanol–water partition coefficient (Wildman–Crippen LogP) is 2.84. The number of ether oxygens (including phenoxy) is 2. The van der Waals surface area contributed by atoms with E-state index in [2.05, 4.69) is 17.1 Å². The number of aromatic nitrogens is 1. The Morgan fingerprint density at radius 1 is 1.06 bits per heavy atom. The summed E-state index contributed by atoms with van der Waals surface area (Å²) >= 11 is 0. The number of amides is 2. The van der Waals surface area contributed by atoms with Crippen molar-refractivity contribution in [1.29, 1.82) is 0 Å². The zero-order valence-electron chi connectivity index (χ0n) is 20.6. The van der Waals surface area contributed by atoms with Crippen molar-refractivity contribution >= 4 is 11.8 Å². The van der Waals surface area contributed by atoms with E-state index in [4.69, 9.17) is 9.47 Å². The SMILES string of the molecule is CC[C@@H](NC(=O)c1cc(C(=O)N2CCCC2CN2CCOCC2)n2c1COCC2)c1ccccc1. The first-order chi connectivity index (χ1) is 17.2. The fourth-order valence-electron chi connectivity index (χ4n) is 5.56. The number of nitrogens with zero attached hydrogens (tertiary/aromatic N) is 3. The summed E-state index contributed by atoms with van der Waals surface area (Å²) in [6.45, 7) is 8.53. The lowest BCUT2D eigenvalue weighted by Crippen LogP contribution is -2.47. The molecule has 3 aliphatic rings. The molecule has 8 nitrogen and oxygen atoms in total. The molecule has 4 heterocycles. The second kappa shape index (κ2) is 10.9. The van der Waals surface area contributed by atoms with Crippen molar-refractivity contribution in [3.8, 4) is 0 Å². The van der Waals surface area contributed by atoms with Gasteiger partial charge < -0.3 is 24.3 Å². The van der Waals surface area contributed by atoms with Crippen LogP contribution in [0, 0.1) is 0 Å². The summed E-state index contributed by atoms with van der Waals surface area (Å²) in [5, 5.41) is 3.18. The lowest BCUT2D eigenvalue weighted by Gasteiger charge is -2.33. The molecule has 1 N–H and O–H groups in total. The number of fused-ring (bicyclic) bond motifs is 1. The highest BCUT2D eigenvalue weighted by Crippen LogP contribution is 2.27. The van der Waals surface area contributed by atoms with Crippen LogP contribution in [-0.4, -0.2) is 78.2 Å². The van der Waals surface area contributed by atoms with Crippen LogP contribution in [0.4, 0.5) is 0 Å². The molecule has 2 saturated heterocycles. The van der Waals surface area contributed by atoms with Gasteiger partial charge in [0.2, 0.25) is 0 Å². The first-order valence-electron chi connectivity index (χ1n) is 12.9. The van der Waals surface area contributed by atoms with Crippen LogP contribution in [0.3, 0.4) is 0 Å². The van der Waals surface area contributed by atoms with Gasteiger partial charge in [-0.2, -0.15) is 0 Å². The molecule has 2 fully saturated rings. The Kier molecular flexibility index (Phi) is 7.51. The van der Waals surface area contributed by atoms with Crippen LogP contribution in [0.25, 0.3) is 0 Å². The van der Waals surface area contributed by atoms with E-state index in [0.717, 1.165) is 69.9 Å². The molecule has 0 aliphatic carbocycles. The minimum absolute atomic E-state index is 0.0260. The standard InChI is InChI=1S/C27H36N4O4/c1-2-23(20-7-4-3-5-8-20)28-26(32)22-17-24(31-13-16-35-19-25(22)31)27(33)30-10-6-9-21(30)18-29-11-14-34-15-12-29/h3-5,7-8,17,21,23H,2,6,9-16,18-19H2,1H3,(H,28,32)/t21?,23-/m1/s1. The summed E-state index contributed by atoms with van der Waals surface area (Å²) in [5.41, 5.74) is 3.03. The largest absolute Gasteiger partial charge is 0.379 e. The third-order valence-corrected chi connectivity index (χ3v) is 7.50. The number of hydrogen-bond acceptors (Lipinski definition) is 5. The van der Waals surface area contributed by atoms with E-state index >= 15 is 0 Å². The Labute approximate surface area is 207 Å². The lowest BCUT2D eigenvalue weighted by atomic mass is 10.0. The van der Waals surface area contributed by atoms with Crippen molar-refractivity contribution < 1.29 is 19.1 Å². The summed E-state index contributed by atoms with van der Waals surface area (Å²) in [7, 11) is 0. The normalized spacial score (nSPS) is 21.5. The Bertz CT molecular complexity index is 1030. The monoisotopic (exact) mass is 480 g/mol. The molecule has 0 bridgehead atoms. The van der Waals surface area contributed by atoms with Crippen molar-refractivity contribution in [2.75, 3.05) is 46.0 Å². The molecule has 5 rings (SSSR count). The Morgan fingerprint density at radius 3 is 2.60 bits per heavy atom. The maximum absolute atomic E-state index is 13.8. The van der Waals surface area contributed by atoms with Gasteiger partial charge in [0.25, 0.3) is 11.8 Å². The molecule has 1 aromatic carbocycles.